The van der Waals surface area contributed by atoms with E-state index in [1.165, 1.54) is 62.1 Å². The largest absolute Gasteiger partial charge is 0.496 e. The van der Waals surface area contributed by atoms with Gasteiger partial charge in [-0.2, -0.15) is 61.5 Å². The van der Waals surface area contributed by atoms with Gasteiger partial charge in [-0.1, -0.05) is 20.8 Å². The Hall–Kier alpha value is -11.5. The lowest BCUT2D eigenvalue weighted by Gasteiger charge is -2.51. The summed E-state index contributed by atoms with van der Waals surface area (Å²) in [6.07, 6.45) is -16.7. The number of halogens is 14. The van der Waals surface area contributed by atoms with Crippen molar-refractivity contribution in [3.63, 3.8) is 0 Å². The monoisotopic (exact) mass is 1950 g/mol. The molecule has 4 fully saturated rings. The fraction of sp³-hybridized carbons (Fsp3) is 0.525. The normalized spacial score (nSPS) is 18.2. The highest BCUT2D eigenvalue weighted by molar-refractivity contribution is 6.00. The molecule has 752 valence electrons. The topological polar surface area (TPSA) is 232 Å². The Labute approximate surface area is 792 Å². The Morgan fingerprint density at radius 2 is 0.797 bits per heavy atom. The average molecular weight is 1950 g/mol. The van der Waals surface area contributed by atoms with E-state index in [1.807, 2.05) is 93.7 Å². The van der Waals surface area contributed by atoms with Crippen LogP contribution in [0.4, 0.5) is 66.3 Å². The summed E-state index contributed by atoms with van der Waals surface area (Å²) in [5.74, 6) is -6.04. The number of piperidine rings is 4. The summed E-state index contributed by atoms with van der Waals surface area (Å²) in [5.41, 5.74) is 0.534. The standard InChI is InChI=1S/C26H35N3O3.C25H30F5N3O3.C25H30F3N3O4.C23H23F6N3O3.H2/c1-19(30)22-10-11-23-26(27(5)16-17-29(22)23)12-14-28(15-13-26)24(31)20-6-8-21(9-7-20)32-18-25(2,3)4;1-16(2)36-19-5-4-17(14-18(19)15-34)22(35)32-10-8-23(9-11-32)20-6-7-21(24(26,27)25(28,29)30)33(20)13-12-31(23)3;1-16(2)35-19-6-5-18(15-17(19)3)22(32)29-11-9-24(10-12-29)20-7-8-21(25(26,27)28)30(20)13-14-31(24)23(33)34-4;1-30-11-12-32-16(19(33)23(27,28)29)4-6-18(32)21(30)7-9-31(10-8-21)20(34)14-3-5-17(35-2)15(13-14)22(24,25)26;/h6-11H,12-18H2,1-5H3;4-7,14,16,34H,8-13,15H2,1-3H3;5-8,15-16H,9-14H2,1-4H3;3-6,13H,7-12H2,1-2H3;1H. The maximum Gasteiger partial charge on any atom is 0.459 e. The van der Waals surface area contributed by atoms with Crippen LogP contribution < -0.4 is 18.9 Å². The molecule has 4 aromatic heterocycles. The SMILES string of the molecule is CC(=O)c1ccc2n1CCN(C)C21CCN(C(=O)c2ccc(OCC(C)(C)C)cc2)CC1.CC(C)Oc1ccc(C(=O)N2CCC3(CC2)c2ccc(C(F)(F)C(F)(F)F)n2CCN3C)cc1CO.COC(=O)N1CCn2c(C(F)(F)F)ccc2C12CCN(C(=O)c1ccc(OC(C)C)c(C)c1)CC2.COc1ccc(C(=O)N2CCC3(CC2)c2ccc(C(=O)C(F)(F)F)n2CCN3C)cc1C(F)(F)F.[HH]. The van der Waals surface area contributed by atoms with Crippen LogP contribution in [0.3, 0.4) is 0 Å². The molecule has 0 saturated carbocycles. The van der Waals surface area contributed by atoms with Gasteiger partial charge in [0.15, 0.2) is 5.78 Å². The van der Waals surface area contributed by atoms with Crippen LogP contribution in [0.15, 0.2) is 127 Å². The van der Waals surface area contributed by atoms with E-state index in [0.717, 1.165) is 78.9 Å². The van der Waals surface area contributed by atoms with Gasteiger partial charge in [0.1, 0.15) is 28.7 Å². The first-order valence-electron chi connectivity index (χ1n) is 46.0. The number of benzene rings is 4. The van der Waals surface area contributed by atoms with Gasteiger partial charge in [-0.25, -0.2) is 4.79 Å². The van der Waals surface area contributed by atoms with Crippen molar-refractivity contribution in [3.05, 3.63) is 212 Å². The smallest absolute Gasteiger partial charge is 0.459 e. The molecule has 4 saturated heterocycles. The zero-order chi connectivity index (χ0) is 101. The number of ether oxygens (including phenoxy) is 5. The van der Waals surface area contributed by atoms with E-state index in [0.29, 0.717) is 148 Å². The minimum absolute atomic E-state index is 0. The van der Waals surface area contributed by atoms with Gasteiger partial charge in [-0.3, -0.25) is 48.4 Å². The number of aromatic nitrogens is 4. The van der Waals surface area contributed by atoms with E-state index in [4.69, 9.17) is 23.7 Å². The Morgan fingerprint density at radius 3 is 1.22 bits per heavy atom. The molecule has 0 aliphatic carbocycles. The van der Waals surface area contributed by atoms with Crippen LogP contribution in [0.1, 0.15) is 221 Å². The lowest BCUT2D eigenvalue weighted by atomic mass is 9.81. The lowest BCUT2D eigenvalue weighted by molar-refractivity contribution is -0.292. The Kier molecular flexibility index (Phi) is 30.2. The second kappa shape index (κ2) is 40.0. The summed E-state index contributed by atoms with van der Waals surface area (Å²) in [6.45, 7) is 23.6. The number of rotatable bonds is 15. The maximum absolute atomic E-state index is 14.2. The molecule has 12 heterocycles. The van der Waals surface area contributed by atoms with E-state index in [9.17, 15) is 100 Å². The first kappa shape index (κ1) is 104. The molecular weight excluding hydrogens is 1830 g/mol. The van der Waals surface area contributed by atoms with Crippen molar-refractivity contribution in [2.75, 3.05) is 121 Å². The van der Waals surface area contributed by atoms with Gasteiger partial charge in [0.2, 0.25) is 0 Å². The second-order valence-corrected chi connectivity index (χ2v) is 38.2. The first-order valence-corrected chi connectivity index (χ1v) is 46.0. The first-order chi connectivity index (χ1) is 64.7. The Morgan fingerprint density at radius 1 is 0.420 bits per heavy atom. The number of carbonyl (C=O) groups is 7. The molecule has 25 nitrogen and oxygen atoms in total. The molecule has 4 aromatic carbocycles. The van der Waals surface area contributed by atoms with E-state index in [-0.39, 0.29) is 105 Å². The van der Waals surface area contributed by atoms with E-state index in [1.54, 1.807) is 53.1 Å². The summed E-state index contributed by atoms with van der Waals surface area (Å²) in [6, 6.07) is 32.3. The van der Waals surface area contributed by atoms with E-state index < -0.39 is 87.7 Å². The molecule has 1 N–H and O–H groups in total. The van der Waals surface area contributed by atoms with Crippen LogP contribution in [0.25, 0.3) is 0 Å². The zero-order valence-electron chi connectivity index (χ0n) is 79.7. The molecule has 8 aliphatic rings. The van der Waals surface area contributed by atoms with Crippen LogP contribution in [-0.2, 0) is 78.0 Å². The fourth-order valence-corrected chi connectivity index (χ4v) is 20.6. The molecule has 8 aliphatic heterocycles. The quantitative estimate of drug-likeness (QED) is 0.0742. The number of hydrogen-bond donors (Lipinski definition) is 1. The minimum atomic E-state index is -5.68. The predicted octanol–water partition coefficient (Wildman–Crippen LogP) is 18.1. The highest BCUT2D eigenvalue weighted by Crippen LogP contribution is 2.52. The molecule has 4 spiro atoms. The van der Waals surface area contributed by atoms with Crippen molar-refractivity contribution in [1.82, 2.24) is 57.5 Å². The fourth-order valence-electron chi connectivity index (χ4n) is 20.6. The van der Waals surface area contributed by atoms with Crippen LogP contribution in [0, 0.1) is 12.3 Å². The van der Waals surface area contributed by atoms with Crippen molar-refractivity contribution in [3.8, 4) is 23.0 Å². The van der Waals surface area contributed by atoms with Gasteiger partial charge in [-0.05, 0) is 246 Å². The molecule has 138 heavy (non-hydrogen) atoms. The van der Waals surface area contributed by atoms with Crippen LogP contribution in [0.2, 0.25) is 0 Å². The van der Waals surface area contributed by atoms with Gasteiger partial charge in [-0.15, -0.1) is 0 Å². The number of hydrogen-bond acceptors (Lipinski definition) is 16. The van der Waals surface area contributed by atoms with Crippen molar-refractivity contribution < 1.29 is 125 Å². The van der Waals surface area contributed by atoms with Gasteiger partial charge in [0.25, 0.3) is 29.4 Å². The third kappa shape index (κ3) is 20.8. The molecule has 5 amide bonds. The number of ketones is 2. The molecule has 0 unspecified atom stereocenters. The summed E-state index contributed by atoms with van der Waals surface area (Å²) in [7, 11) is 8.20. The summed E-state index contributed by atoms with van der Waals surface area (Å²) in [4.78, 5) is 104. The number of aryl methyl sites for hydroxylation is 1. The van der Waals surface area contributed by atoms with Crippen molar-refractivity contribution in [2.24, 2.45) is 5.41 Å². The molecule has 0 bridgehead atoms. The summed E-state index contributed by atoms with van der Waals surface area (Å²) in [5, 5.41) is 9.71. The number of aliphatic hydroxyl groups excluding tert-OH is 1. The lowest BCUT2D eigenvalue weighted by Crippen LogP contribution is -2.60. The molecule has 8 aromatic rings. The number of amides is 5. The molecule has 0 radical (unpaired) electrons. The summed E-state index contributed by atoms with van der Waals surface area (Å²) >= 11 is 0. The van der Waals surface area contributed by atoms with Crippen LogP contribution in [0.5, 0.6) is 23.0 Å². The zero-order valence-corrected chi connectivity index (χ0v) is 79.7. The van der Waals surface area contributed by atoms with Crippen molar-refractivity contribution in [2.45, 2.75) is 211 Å². The minimum Gasteiger partial charge on any atom is -0.496 e. The van der Waals surface area contributed by atoms with Gasteiger partial charge in [0, 0.05) is 164 Å². The average Bonchev–Trinajstić information content (AvgIpc) is 1.79. The number of likely N-dealkylation sites (N-methyl/N-ethyl adjacent to an activating group) is 3. The molecular formula is C99H120F14N12O13. The number of Topliss-reactive ketones (excluding diaryl/α,β-unsaturated/α-hetero) is 2. The van der Waals surface area contributed by atoms with E-state index >= 15 is 0 Å². The number of fused-ring (bicyclic) bond motifs is 8. The Bertz CT molecular complexity index is 5780. The van der Waals surface area contributed by atoms with Gasteiger partial charge < -0.3 is 66.7 Å². The number of nitrogens with zero attached hydrogens (tertiary/aromatic N) is 12. The molecule has 16 rings (SSSR count). The van der Waals surface area contributed by atoms with Crippen LogP contribution in [-0.4, -0.2) is 249 Å². The number of alkyl halides is 14. The highest BCUT2D eigenvalue weighted by Gasteiger charge is 2.62. The van der Waals surface area contributed by atoms with Gasteiger partial charge >= 0.3 is 36.7 Å². The van der Waals surface area contributed by atoms with E-state index in [2.05, 4.69) is 43.4 Å². The number of methoxy groups -OCH3 is 2. The number of aliphatic hydroxyl groups is 1. The predicted molar refractivity (Wildman–Crippen MR) is 484 cm³/mol. The Balaban J connectivity index is 0.000000166. The second-order valence-electron chi connectivity index (χ2n) is 38.2. The van der Waals surface area contributed by atoms with Crippen molar-refractivity contribution >= 4 is 41.3 Å². The maximum atomic E-state index is 14.2. The highest BCUT2D eigenvalue weighted by atomic mass is 19.4. The number of carbonyl (C=O) groups excluding carboxylic acids is 7. The molecule has 39 heteroatoms. The molecule has 0 atom stereocenters. The van der Waals surface area contributed by atoms with Crippen LogP contribution >= 0.6 is 0 Å². The third-order valence-electron chi connectivity index (χ3n) is 27.9. The number of likely N-dealkylation sites (tertiary alicyclic amines) is 4. The summed E-state index contributed by atoms with van der Waals surface area (Å²) < 4.78 is 221. The third-order valence-corrected chi connectivity index (χ3v) is 27.9. The van der Waals surface area contributed by atoms with Crippen molar-refractivity contribution in [1.29, 1.82) is 0 Å². The van der Waals surface area contributed by atoms with Gasteiger partial charge in [0.05, 0.1) is 84.4 Å².